The SMILES string of the molecule is CC[C@H](C)NC(=O)[C@@H](Cc1ccccc1)N(Cc1ccccc1)C(=O)CN(c1cccc(Br)c1)S(=O)(=O)c1ccccc1. The number of rotatable bonds is 13. The summed E-state index contributed by atoms with van der Waals surface area (Å²) in [6.45, 7) is 3.53. The van der Waals surface area contributed by atoms with Gasteiger partial charge >= 0.3 is 0 Å². The second-order valence-electron chi connectivity index (χ2n) is 10.3. The van der Waals surface area contributed by atoms with Crippen LogP contribution in [0.2, 0.25) is 0 Å². The van der Waals surface area contributed by atoms with E-state index < -0.39 is 28.5 Å². The van der Waals surface area contributed by atoms with Crippen LogP contribution in [0, 0.1) is 0 Å². The van der Waals surface area contributed by atoms with E-state index in [-0.39, 0.29) is 29.8 Å². The highest BCUT2D eigenvalue weighted by molar-refractivity contribution is 9.10. The van der Waals surface area contributed by atoms with Gasteiger partial charge in [0.15, 0.2) is 0 Å². The van der Waals surface area contributed by atoms with Crippen molar-refractivity contribution in [1.29, 1.82) is 0 Å². The van der Waals surface area contributed by atoms with Crippen LogP contribution in [0.25, 0.3) is 0 Å². The number of anilines is 1. The molecule has 0 aromatic heterocycles. The molecular formula is C34H36BrN3O4S. The standard InChI is InChI=1S/C34H36BrN3O4S/c1-3-26(2)36-34(40)32(22-27-14-7-4-8-15-27)37(24-28-16-9-5-10-17-28)33(39)25-38(30-19-13-18-29(35)23-30)43(41,42)31-20-11-6-12-21-31/h4-21,23,26,32H,3,22,24-25H2,1-2H3,(H,36,40)/t26-,32+/m0/s1. The molecule has 0 bridgehead atoms. The third-order valence-electron chi connectivity index (χ3n) is 7.17. The number of carbonyl (C=O) groups excluding carboxylic acids is 2. The van der Waals surface area contributed by atoms with Gasteiger partial charge < -0.3 is 10.2 Å². The van der Waals surface area contributed by atoms with Crippen molar-refractivity contribution in [2.75, 3.05) is 10.8 Å². The summed E-state index contributed by atoms with van der Waals surface area (Å²) in [5.74, 6) is -0.786. The Balaban J connectivity index is 1.79. The summed E-state index contributed by atoms with van der Waals surface area (Å²) < 4.78 is 29.8. The number of nitrogens with one attached hydrogen (secondary N) is 1. The van der Waals surface area contributed by atoms with E-state index in [2.05, 4.69) is 21.2 Å². The largest absolute Gasteiger partial charge is 0.352 e. The van der Waals surface area contributed by atoms with Crippen molar-refractivity contribution in [3.63, 3.8) is 0 Å². The second-order valence-corrected chi connectivity index (χ2v) is 13.1. The summed E-state index contributed by atoms with van der Waals surface area (Å²) in [5, 5.41) is 3.05. The van der Waals surface area contributed by atoms with Crippen LogP contribution in [-0.2, 0) is 32.6 Å². The first-order chi connectivity index (χ1) is 20.7. The Labute approximate surface area is 262 Å². The van der Waals surface area contributed by atoms with Gasteiger partial charge in [-0.1, -0.05) is 108 Å². The number of nitrogens with zero attached hydrogens (tertiary/aromatic N) is 2. The molecular weight excluding hydrogens is 626 g/mol. The molecule has 0 spiro atoms. The molecule has 4 aromatic rings. The van der Waals surface area contributed by atoms with Gasteiger partial charge in [0.1, 0.15) is 12.6 Å². The molecule has 224 valence electrons. The van der Waals surface area contributed by atoms with Gasteiger partial charge in [-0.05, 0) is 54.8 Å². The zero-order chi connectivity index (χ0) is 30.8. The third-order valence-corrected chi connectivity index (χ3v) is 9.46. The van der Waals surface area contributed by atoms with Crippen LogP contribution in [0.1, 0.15) is 31.4 Å². The summed E-state index contributed by atoms with van der Waals surface area (Å²) in [6.07, 6.45) is 0.992. The summed E-state index contributed by atoms with van der Waals surface area (Å²) in [4.78, 5) is 29.8. The summed E-state index contributed by atoms with van der Waals surface area (Å²) in [7, 11) is -4.14. The number of hydrogen-bond acceptors (Lipinski definition) is 4. The maximum absolute atomic E-state index is 14.4. The van der Waals surface area contributed by atoms with E-state index in [4.69, 9.17) is 0 Å². The van der Waals surface area contributed by atoms with Gasteiger partial charge in [0.2, 0.25) is 11.8 Å². The van der Waals surface area contributed by atoms with Gasteiger partial charge in [-0.25, -0.2) is 8.42 Å². The molecule has 2 atom stereocenters. The molecule has 0 unspecified atom stereocenters. The first-order valence-corrected chi connectivity index (χ1v) is 16.4. The highest BCUT2D eigenvalue weighted by atomic mass is 79.9. The Hall–Kier alpha value is -3.95. The minimum absolute atomic E-state index is 0.0627. The van der Waals surface area contributed by atoms with E-state index in [1.807, 2.05) is 74.5 Å². The van der Waals surface area contributed by atoms with Crippen LogP contribution < -0.4 is 9.62 Å². The zero-order valence-electron chi connectivity index (χ0n) is 24.3. The monoisotopic (exact) mass is 661 g/mol. The average Bonchev–Trinajstić information content (AvgIpc) is 3.02. The average molecular weight is 663 g/mol. The quantitative estimate of drug-likeness (QED) is 0.185. The lowest BCUT2D eigenvalue weighted by Crippen LogP contribution is -2.54. The Morgan fingerprint density at radius 1 is 0.814 bits per heavy atom. The first-order valence-electron chi connectivity index (χ1n) is 14.2. The van der Waals surface area contributed by atoms with Crippen molar-refractivity contribution >= 4 is 43.5 Å². The molecule has 0 saturated carbocycles. The fourth-order valence-corrected chi connectivity index (χ4v) is 6.47. The highest BCUT2D eigenvalue weighted by Crippen LogP contribution is 2.27. The smallest absolute Gasteiger partial charge is 0.264 e. The minimum atomic E-state index is -4.14. The van der Waals surface area contributed by atoms with Crippen molar-refractivity contribution in [3.8, 4) is 0 Å². The number of hydrogen-bond donors (Lipinski definition) is 1. The van der Waals surface area contributed by atoms with Crippen LogP contribution in [0.15, 0.2) is 125 Å². The first kappa shape index (κ1) is 32.0. The Morgan fingerprint density at radius 3 is 1.98 bits per heavy atom. The van der Waals surface area contributed by atoms with Gasteiger partial charge in [0.25, 0.3) is 10.0 Å². The van der Waals surface area contributed by atoms with E-state index >= 15 is 0 Å². The molecule has 0 saturated heterocycles. The van der Waals surface area contributed by atoms with E-state index in [0.29, 0.717) is 10.2 Å². The van der Waals surface area contributed by atoms with Gasteiger partial charge in [-0.15, -0.1) is 0 Å². The predicted molar refractivity (Wildman–Crippen MR) is 174 cm³/mol. The normalized spacial score (nSPS) is 12.6. The molecule has 0 aliphatic rings. The fraction of sp³-hybridized carbons (Fsp3) is 0.235. The highest BCUT2D eigenvalue weighted by Gasteiger charge is 2.35. The fourth-order valence-electron chi connectivity index (χ4n) is 4.65. The van der Waals surface area contributed by atoms with Gasteiger partial charge in [-0.3, -0.25) is 13.9 Å². The summed E-state index contributed by atoms with van der Waals surface area (Å²) in [5.41, 5.74) is 2.04. The number of sulfonamides is 1. The number of halogens is 1. The summed E-state index contributed by atoms with van der Waals surface area (Å²) in [6, 6.07) is 32.8. The van der Waals surface area contributed by atoms with Crippen LogP contribution in [-0.4, -0.2) is 43.8 Å². The summed E-state index contributed by atoms with van der Waals surface area (Å²) >= 11 is 3.43. The zero-order valence-corrected chi connectivity index (χ0v) is 26.7. The van der Waals surface area contributed by atoms with Crippen molar-refractivity contribution in [1.82, 2.24) is 10.2 Å². The molecule has 43 heavy (non-hydrogen) atoms. The molecule has 4 rings (SSSR count). The van der Waals surface area contributed by atoms with Gasteiger partial charge in [0, 0.05) is 23.5 Å². The van der Waals surface area contributed by atoms with Crippen LogP contribution in [0.5, 0.6) is 0 Å². The number of carbonyl (C=O) groups is 2. The van der Waals surface area contributed by atoms with Crippen LogP contribution >= 0.6 is 15.9 Å². The van der Waals surface area contributed by atoms with E-state index in [9.17, 15) is 18.0 Å². The lowest BCUT2D eigenvalue weighted by Gasteiger charge is -2.34. The minimum Gasteiger partial charge on any atom is -0.352 e. The molecule has 1 N–H and O–H groups in total. The number of benzene rings is 4. The molecule has 7 nitrogen and oxygen atoms in total. The Morgan fingerprint density at radius 2 is 1.40 bits per heavy atom. The topological polar surface area (TPSA) is 86.8 Å². The van der Waals surface area contributed by atoms with Crippen LogP contribution in [0.3, 0.4) is 0 Å². The van der Waals surface area contributed by atoms with E-state index in [1.54, 1.807) is 42.5 Å². The third kappa shape index (κ3) is 8.55. The van der Waals surface area contributed by atoms with Crippen molar-refractivity contribution in [2.45, 2.75) is 50.2 Å². The van der Waals surface area contributed by atoms with Gasteiger partial charge in [-0.2, -0.15) is 0 Å². The second kappa shape index (κ2) is 15.0. The van der Waals surface area contributed by atoms with Crippen molar-refractivity contribution in [3.05, 3.63) is 131 Å². The lowest BCUT2D eigenvalue weighted by atomic mass is 10.0. The maximum atomic E-state index is 14.4. The molecule has 0 aliphatic carbocycles. The predicted octanol–water partition coefficient (Wildman–Crippen LogP) is 6.20. The Bertz CT molecular complexity index is 1600. The molecule has 9 heteroatoms. The lowest BCUT2D eigenvalue weighted by molar-refractivity contribution is -0.140. The maximum Gasteiger partial charge on any atom is 0.264 e. The molecule has 0 radical (unpaired) electrons. The Kier molecular flexibility index (Phi) is 11.1. The number of amides is 2. The molecule has 4 aromatic carbocycles. The molecule has 0 fully saturated rings. The van der Waals surface area contributed by atoms with E-state index in [1.165, 1.54) is 17.0 Å². The van der Waals surface area contributed by atoms with Crippen LogP contribution in [0.4, 0.5) is 5.69 Å². The van der Waals surface area contributed by atoms with Crippen molar-refractivity contribution < 1.29 is 18.0 Å². The molecule has 2 amide bonds. The molecule has 0 aliphatic heterocycles. The van der Waals surface area contributed by atoms with E-state index in [0.717, 1.165) is 21.9 Å². The van der Waals surface area contributed by atoms with Crippen molar-refractivity contribution in [2.24, 2.45) is 0 Å². The molecule has 0 heterocycles. The van der Waals surface area contributed by atoms with Gasteiger partial charge in [0.05, 0.1) is 10.6 Å².